The quantitative estimate of drug-likeness (QED) is 0.425. The second-order valence-electron chi connectivity index (χ2n) is 6.06. The first-order valence-corrected chi connectivity index (χ1v) is 8.82. The zero-order chi connectivity index (χ0) is 19.1. The minimum atomic E-state index is -1.24. The van der Waals surface area contributed by atoms with Crippen LogP contribution in [0.25, 0.3) is 0 Å². The van der Waals surface area contributed by atoms with Gasteiger partial charge in [-0.1, -0.05) is 20.8 Å². The van der Waals surface area contributed by atoms with E-state index < -0.39 is 6.17 Å². The van der Waals surface area contributed by atoms with Crippen molar-refractivity contribution in [2.75, 3.05) is 46.1 Å². The molecule has 2 N–H and O–H groups in total. The summed E-state index contributed by atoms with van der Waals surface area (Å²) < 4.78 is 29.2. The van der Waals surface area contributed by atoms with Gasteiger partial charge in [0.05, 0.1) is 39.1 Å². The zero-order valence-electron chi connectivity index (χ0n) is 15.8. The molecular weight excluding hydrogens is 331 g/mol. The van der Waals surface area contributed by atoms with Crippen LogP contribution in [0, 0.1) is 5.92 Å². The van der Waals surface area contributed by atoms with Gasteiger partial charge >= 0.3 is 0 Å². The highest BCUT2D eigenvalue weighted by Crippen LogP contribution is 1.95. The molecule has 0 rings (SSSR count). The number of rotatable bonds is 15. The summed E-state index contributed by atoms with van der Waals surface area (Å²) in [5.41, 5.74) is 0. The van der Waals surface area contributed by atoms with Gasteiger partial charge in [0.25, 0.3) is 0 Å². The third kappa shape index (κ3) is 14.8. The molecule has 0 saturated carbocycles. The number of hydrogen-bond donors (Lipinski definition) is 2. The van der Waals surface area contributed by atoms with Gasteiger partial charge in [-0.2, -0.15) is 0 Å². The summed E-state index contributed by atoms with van der Waals surface area (Å²) >= 11 is 0. The summed E-state index contributed by atoms with van der Waals surface area (Å²) in [6, 6.07) is 0. The molecular formula is C17H33FN2O5. The molecule has 0 bridgehead atoms. The van der Waals surface area contributed by atoms with Crippen molar-refractivity contribution in [3.63, 3.8) is 0 Å². The number of amides is 2. The molecule has 2 unspecified atom stereocenters. The van der Waals surface area contributed by atoms with Crippen LogP contribution in [-0.2, 0) is 23.8 Å². The van der Waals surface area contributed by atoms with Crippen molar-refractivity contribution >= 4 is 11.8 Å². The smallest absolute Gasteiger partial charge is 0.246 e. The van der Waals surface area contributed by atoms with E-state index in [0.717, 1.165) is 6.42 Å². The standard InChI is InChI=1S/C17H33FN2O5/c1-5-14(4)25-12-16(21)19-6-7-23-8-9-24-11-15(18)10-20-17(22)13(2)3/h13-15H,5-12H2,1-4H3,(H,19,21)(H,20,22). The minimum absolute atomic E-state index is 0.0450. The molecule has 0 aromatic rings. The highest BCUT2D eigenvalue weighted by atomic mass is 19.1. The van der Waals surface area contributed by atoms with Crippen LogP contribution in [0.2, 0.25) is 0 Å². The van der Waals surface area contributed by atoms with E-state index in [1.165, 1.54) is 0 Å². The fourth-order valence-corrected chi connectivity index (χ4v) is 1.55. The van der Waals surface area contributed by atoms with Crippen molar-refractivity contribution in [1.29, 1.82) is 0 Å². The summed E-state index contributed by atoms with van der Waals surface area (Å²) in [5, 5.41) is 5.18. The number of carbonyl (C=O) groups is 2. The molecule has 7 nitrogen and oxygen atoms in total. The minimum Gasteiger partial charge on any atom is -0.377 e. The largest absolute Gasteiger partial charge is 0.377 e. The van der Waals surface area contributed by atoms with E-state index in [4.69, 9.17) is 14.2 Å². The van der Waals surface area contributed by atoms with Gasteiger partial charge in [-0.3, -0.25) is 9.59 Å². The Labute approximate surface area is 150 Å². The highest BCUT2D eigenvalue weighted by molar-refractivity contribution is 5.77. The van der Waals surface area contributed by atoms with Crippen molar-refractivity contribution < 1.29 is 28.2 Å². The molecule has 0 aromatic carbocycles. The maximum absolute atomic E-state index is 13.5. The van der Waals surface area contributed by atoms with E-state index in [1.807, 2.05) is 13.8 Å². The molecule has 0 aliphatic carbocycles. The highest BCUT2D eigenvalue weighted by Gasteiger charge is 2.11. The van der Waals surface area contributed by atoms with Crippen molar-refractivity contribution in [2.45, 2.75) is 46.4 Å². The van der Waals surface area contributed by atoms with Crippen LogP contribution in [0.1, 0.15) is 34.1 Å². The van der Waals surface area contributed by atoms with Crippen LogP contribution in [0.4, 0.5) is 4.39 Å². The number of halogens is 1. The Morgan fingerprint density at radius 1 is 1.04 bits per heavy atom. The molecule has 0 spiro atoms. The number of ether oxygens (including phenoxy) is 3. The Hall–Kier alpha value is -1.25. The molecule has 0 saturated heterocycles. The van der Waals surface area contributed by atoms with Crippen LogP contribution in [-0.4, -0.2) is 70.2 Å². The average Bonchev–Trinajstić information content (AvgIpc) is 2.59. The lowest BCUT2D eigenvalue weighted by molar-refractivity contribution is -0.127. The molecule has 0 radical (unpaired) electrons. The van der Waals surface area contributed by atoms with Crippen molar-refractivity contribution in [3.05, 3.63) is 0 Å². The molecule has 0 aromatic heterocycles. The lowest BCUT2D eigenvalue weighted by Gasteiger charge is -2.12. The Morgan fingerprint density at radius 3 is 2.36 bits per heavy atom. The molecule has 25 heavy (non-hydrogen) atoms. The maximum Gasteiger partial charge on any atom is 0.246 e. The van der Waals surface area contributed by atoms with Crippen LogP contribution in [0.5, 0.6) is 0 Å². The van der Waals surface area contributed by atoms with Crippen molar-refractivity contribution in [3.8, 4) is 0 Å². The van der Waals surface area contributed by atoms with Crippen LogP contribution in [0.3, 0.4) is 0 Å². The fourth-order valence-electron chi connectivity index (χ4n) is 1.55. The van der Waals surface area contributed by atoms with Crippen molar-refractivity contribution in [1.82, 2.24) is 10.6 Å². The van der Waals surface area contributed by atoms with Gasteiger partial charge in [0, 0.05) is 12.5 Å². The number of carbonyl (C=O) groups excluding carboxylic acids is 2. The summed E-state index contributed by atoms with van der Waals surface area (Å²) in [6.07, 6.45) is -0.315. The normalized spacial score (nSPS) is 13.5. The van der Waals surface area contributed by atoms with E-state index in [1.54, 1.807) is 13.8 Å². The number of hydrogen-bond acceptors (Lipinski definition) is 5. The summed E-state index contributed by atoms with van der Waals surface area (Å²) in [4.78, 5) is 22.7. The first kappa shape index (κ1) is 23.8. The lowest BCUT2D eigenvalue weighted by atomic mass is 10.2. The monoisotopic (exact) mass is 364 g/mol. The predicted octanol–water partition coefficient (Wildman–Crippen LogP) is 1.06. The van der Waals surface area contributed by atoms with Gasteiger partial charge in [-0.05, 0) is 13.3 Å². The van der Waals surface area contributed by atoms with Crippen LogP contribution >= 0.6 is 0 Å². The molecule has 2 atom stereocenters. The summed E-state index contributed by atoms with van der Waals surface area (Å²) in [5.74, 6) is -0.518. The summed E-state index contributed by atoms with van der Waals surface area (Å²) in [7, 11) is 0. The Balaban J connectivity index is 3.41. The van der Waals surface area contributed by atoms with E-state index in [9.17, 15) is 14.0 Å². The maximum atomic E-state index is 13.5. The van der Waals surface area contributed by atoms with E-state index >= 15 is 0 Å². The van der Waals surface area contributed by atoms with Gasteiger partial charge in [-0.15, -0.1) is 0 Å². The first-order chi connectivity index (χ1) is 11.9. The van der Waals surface area contributed by atoms with Gasteiger partial charge in [0.2, 0.25) is 11.8 Å². The molecule has 0 aliphatic rings. The first-order valence-electron chi connectivity index (χ1n) is 8.82. The second-order valence-corrected chi connectivity index (χ2v) is 6.06. The van der Waals surface area contributed by atoms with Crippen LogP contribution in [0.15, 0.2) is 0 Å². The third-order valence-electron chi connectivity index (χ3n) is 3.34. The zero-order valence-corrected chi connectivity index (χ0v) is 15.8. The van der Waals surface area contributed by atoms with Gasteiger partial charge in [-0.25, -0.2) is 4.39 Å². The van der Waals surface area contributed by atoms with Crippen molar-refractivity contribution in [2.24, 2.45) is 5.92 Å². The van der Waals surface area contributed by atoms with Gasteiger partial charge < -0.3 is 24.8 Å². The second kappa shape index (κ2) is 15.0. The fraction of sp³-hybridized carbons (Fsp3) is 0.882. The summed E-state index contributed by atoms with van der Waals surface area (Å²) in [6.45, 7) is 8.60. The molecule has 8 heteroatoms. The molecule has 0 fully saturated rings. The van der Waals surface area contributed by atoms with E-state index in [-0.39, 0.29) is 50.2 Å². The molecule has 148 valence electrons. The van der Waals surface area contributed by atoms with Crippen LogP contribution < -0.4 is 10.6 Å². The van der Waals surface area contributed by atoms with Gasteiger partial charge in [0.15, 0.2) is 0 Å². The Bertz CT molecular complexity index is 369. The SMILES string of the molecule is CCC(C)OCC(=O)NCCOCCOCC(F)CNC(=O)C(C)C. The Kier molecular flexibility index (Phi) is 14.3. The van der Waals surface area contributed by atoms with Gasteiger partial charge in [0.1, 0.15) is 12.8 Å². The molecule has 2 amide bonds. The number of nitrogens with one attached hydrogen (secondary N) is 2. The Morgan fingerprint density at radius 2 is 1.72 bits per heavy atom. The van der Waals surface area contributed by atoms with E-state index in [0.29, 0.717) is 19.8 Å². The van der Waals surface area contributed by atoms with E-state index in [2.05, 4.69) is 10.6 Å². The average molecular weight is 364 g/mol. The molecule has 0 heterocycles. The number of alkyl halides is 1. The lowest BCUT2D eigenvalue weighted by Crippen LogP contribution is -2.35. The third-order valence-corrected chi connectivity index (χ3v) is 3.34. The topological polar surface area (TPSA) is 85.9 Å². The predicted molar refractivity (Wildman–Crippen MR) is 93.1 cm³/mol. The molecule has 0 aliphatic heterocycles.